The third kappa shape index (κ3) is 3.16. The van der Waals surface area contributed by atoms with Crippen molar-refractivity contribution in [1.29, 1.82) is 0 Å². The highest BCUT2D eigenvalue weighted by molar-refractivity contribution is 6.32. The first-order valence-electron chi connectivity index (χ1n) is 6.44. The molecule has 1 saturated carbocycles. The minimum absolute atomic E-state index is 0.0702. The van der Waals surface area contributed by atoms with Gasteiger partial charge < -0.3 is 15.5 Å². The number of aliphatic hydroxyl groups is 1. The Morgan fingerprint density at radius 1 is 1.28 bits per heavy atom. The first kappa shape index (κ1) is 13.7. The molecule has 2 rings (SSSR count). The summed E-state index contributed by atoms with van der Waals surface area (Å²) in [5.41, 5.74) is 1.12. The Morgan fingerprint density at radius 2 is 2.00 bits per heavy atom. The van der Waals surface area contributed by atoms with Crippen LogP contribution in [0.2, 0.25) is 5.02 Å². The zero-order valence-electron chi connectivity index (χ0n) is 10.5. The number of phenolic OH excluding ortho intramolecular Hbond substituents is 1. The molecule has 0 aromatic heterocycles. The predicted octanol–water partition coefficient (Wildman–Crippen LogP) is 2.69. The van der Waals surface area contributed by atoms with E-state index in [1.165, 1.54) is 12.8 Å². The minimum Gasteiger partial charge on any atom is -0.506 e. The monoisotopic (exact) mass is 269 g/mol. The zero-order chi connectivity index (χ0) is 13.0. The molecule has 3 nitrogen and oxygen atoms in total. The van der Waals surface area contributed by atoms with Gasteiger partial charge in [0, 0.05) is 25.1 Å². The zero-order valence-corrected chi connectivity index (χ0v) is 11.2. The summed E-state index contributed by atoms with van der Waals surface area (Å²) >= 11 is 5.86. The van der Waals surface area contributed by atoms with Crippen LogP contribution in [0.15, 0.2) is 18.2 Å². The molecule has 0 amide bonds. The van der Waals surface area contributed by atoms with Gasteiger partial charge in [0.2, 0.25) is 0 Å². The molecule has 0 spiro atoms. The van der Waals surface area contributed by atoms with E-state index < -0.39 is 0 Å². The topological polar surface area (TPSA) is 52.5 Å². The van der Waals surface area contributed by atoms with E-state index in [1.807, 2.05) is 6.07 Å². The maximum absolute atomic E-state index is 9.50. The lowest BCUT2D eigenvalue weighted by molar-refractivity contribution is 0.128. The van der Waals surface area contributed by atoms with Crippen LogP contribution >= 0.6 is 11.6 Å². The molecule has 0 unspecified atom stereocenters. The molecule has 0 saturated heterocycles. The quantitative estimate of drug-likeness (QED) is 0.770. The van der Waals surface area contributed by atoms with Crippen LogP contribution in [0.3, 0.4) is 0 Å². The van der Waals surface area contributed by atoms with Gasteiger partial charge >= 0.3 is 0 Å². The largest absolute Gasteiger partial charge is 0.506 e. The Morgan fingerprint density at radius 3 is 2.61 bits per heavy atom. The fraction of sp³-hybridized carbons (Fsp3) is 0.571. The van der Waals surface area contributed by atoms with Gasteiger partial charge in [-0.1, -0.05) is 30.5 Å². The summed E-state index contributed by atoms with van der Waals surface area (Å²) in [5.74, 6) is 0.114. The second-order valence-electron chi connectivity index (χ2n) is 5.25. The number of rotatable bonds is 5. The van der Waals surface area contributed by atoms with Crippen molar-refractivity contribution < 1.29 is 10.2 Å². The van der Waals surface area contributed by atoms with Crippen molar-refractivity contribution in [3.63, 3.8) is 0 Å². The molecule has 0 radical (unpaired) electrons. The van der Waals surface area contributed by atoms with E-state index in [0.29, 0.717) is 11.6 Å². The van der Waals surface area contributed by atoms with Gasteiger partial charge in [-0.2, -0.15) is 0 Å². The average molecular weight is 270 g/mol. The van der Waals surface area contributed by atoms with Crippen LogP contribution in [-0.4, -0.2) is 23.4 Å². The van der Waals surface area contributed by atoms with Gasteiger partial charge in [-0.3, -0.25) is 0 Å². The van der Waals surface area contributed by atoms with E-state index in [-0.39, 0.29) is 17.8 Å². The molecule has 4 heteroatoms. The summed E-state index contributed by atoms with van der Waals surface area (Å²) in [6.45, 7) is 1.81. The second kappa shape index (κ2) is 5.91. The van der Waals surface area contributed by atoms with Crippen molar-refractivity contribution in [2.75, 3.05) is 13.2 Å². The first-order chi connectivity index (χ1) is 8.65. The lowest BCUT2D eigenvalue weighted by Crippen LogP contribution is -2.34. The molecule has 0 bridgehead atoms. The fourth-order valence-electron chi connectivity index (χ4n) is 2.65. The molecule has 3 N–H and O–H groups in total. The van der Waals surface area contributed by atoms with Crippen LogP contribution in [0.5, 0.6) is 5.75 Å². The van der Waals surface area contributed by atoms with E-state index in [4.69, 9.17) is 11.6 Å². The van der Waals surface area contributed by atoms with Crippen molar-refractivity contribution in [2.45, 2.75) is 32.2 Å². The Kier molecular flexibility index (Phi) is 4.49. The van der Waals surface area contributed by atoms with Crippen LogP contribution in [0.4, 0.5) is 0 Å². The van der Waals surface area contributed by atoms with Gasteiger partial charge in [0.15, 0.2) is 0 Å². The lowest BCUT2D eigenvalue weighted by atomic mass is 9.87. The van der Waals surface area contributed by atoms with Crippen molar-refractivity contribution in [1.82, 2.24) is 5.32 Å². The van der Waals surface area contributed by atoms with Crippen LogP contribution in [-0.2, 0) is 6.54 Å². The van der Waals surface area contributed by atoms with Crippen molar-refractivity contribution >= 4 is 11.6 Å². The van der Waals surface area contributed by atoms with E-state index in [9.17, 15) is 10.2 Å². The van der Waals surface area contributed by atoms with Crippen LogP contribution in [0.1, 0.15) is 31.2 Å². The second-order valence-corrected chi connectivity index (χ2v) is 5.66. The number of aliphatic hydroxyl groups excluding tert-OH is 1. The van der Waals surface area contributed by atoms with Gasteiger partial charge in [-0.05, 0) is 30.5 Å². The van der Waals surface area contributed by atoms with Crippen molar-refractivity contribution in [3.05, 3.63) is 28.8 Å². The molecule has 1 aliphatic rings. The SMILES string of the molecule is OCC1(CNCc2ccc(O)c(Cl)c2)CCCC1. The highest BCUT2D eigenvalue weighted by atomic mass is 35.5. The highest BCUT2D eigenvalue weighted by Crippen LogP contribution is 2.37. The summed E-state index contributed by atoms with van der Waals surface area (Å²) in [4.78, 5) is 0. The molecule has 1 aromatic rings. The highest BCUT2D eigenvalue weighted by Gasteiger charge is 2.32. The summed E-state index contributed by atoms with van der Waals surface area (Å²) in [5, 5.41) is 22.6. The van der Waals surface area contributed by atoms with E-state index in [2.05, 4.69) is 5.32 Å². The van der Waals surface area contributed by atoms with Gasteiger partial charge in [-0.25, -0.2) is 0 Å². The molecular weight excluding hydrogens is 250 g/mol. The Hall–Kier alpha value is -0.770. The lowest BCUT2D eigenvalue weighted by Gasteiger charge is -2.26. The molecule has 0 aliphatic heterocycles. The number of phenols is 1. The Labute approximate surface area is 113 Å². The average Bonchev–Trinajstić information content (AvgIpc) is 2.83. The predicted molar refractivity (Wildman–Crippen MR) is 72.8 cm³/mol. The number of halogens is 1. The maximum atomic E-state index is 9.50. The van der Waals surface area contributed by atoms with E-state index in [1.54, 1.807) is 12.1 Å². The van der Waals surface area contributed by atoms with Crippen LogP contribution in [0, 0.1) is 5.41 Å². The molecule has 1 aliphatic carbocycles. The Bertz CT molecular complexity index is 403. The summed E-state index contributed by atoms with van der Waals surface area (Å²) in [7, 11) is 0. The number of hydrogen-bond acceptors (Lipinski definition) is 3. The third-order valence-corrected chi connectivity index (χ3v) is 4.14. The summed E-state index contributed by atoms with van der Waals surface area (Å²) in [6, 6.07) is 5.23. The van der Waals surface area contributed by atoms with Gasteiger partial charge in [0.1, 0.15) is 5.75 Å². The van der Waals surface area contributed by atoms with Gasteiger partial charge in [-0.15, -0.1) is 0 Å². The number of benzene rings is 1. The van der Waals surface area contributed by atoms with Crippen molar-refractivity contribution in [2.24, 2.45) is 5.41 Å². The molecule has 1 aromatic carbocycles. The van der Waals surface area contributed by atoms with Crippen LogP contribution in [0.25, 0.3) is 0 Å². The smallest absolute Gasteiger partial charge is 0.134 e. The van der Waals surface area contributed by atoms with E-state index >= 15 is 0 Å². The standard InChI is InChI=1S/C14H20ClNO2/c15-12-7-11(3-4-13(12)18)8-16-9-14(10-17)5-1-2-6-14/h3-4,7,16-18H,1-2,5-6,8-10H2. The molecular formula is C14H20ClNO2. The normalized spacial score (nSPS) is 18.1. The van der Waals surface area contributed by atoms with E-state index in [0.717, 1.165) is 24.9 Å². The number of aromatic hydroxyl groups is 1. The molecule has 18 heavy (non-hydrogen) atoms. The summed E-state index contributed by atoms with van der Waals surface area (Å²) < 4.78 is 0. The fourth-order valence-corrected chi connectivity index (χ4v) is 2.85. The summed E-state index contributed by atoms with van der Waals surface area (Å²) in [6.07, 6.45) is 4.64. The molecule has 100 valence electrons. The van der Waals surface area contributed by atoms with Gasteiger partial charge in [0.25, 0.3) is 0 Å². The first-order valence-corrected chi connectivity index (χ1v) is 6.82. The third-order valence-electron chi connectivity index (χ3n) is 3.84. The Balaban J connectivity index is 1.86. The molecule has 1 fully saturated rings. The number of nitrogens with one attached hydrogen (secondary N) is 1. The number of hydrogen-bond donors (Lipinski definition) is 3. The minimum atomic E-state index is 0.0702. The maximum Gasteiger partial charge on any atom is 0.134 e. The van der Waals surface area contributed by atoms with Crippen LogP contribution < -0.4 is 5.32 Å². The van der Waals surface area contributed by atoms with Gasteiger partial charge in [0.05, 0.1) is 5.02 Å². The molecule has 0 heterocycles. The van der Waals surface area contributed by atoms with Crippen molar-refractivity contribution in [3.8, 4) is 5.75 Å². The molecule has 0 atom stereocenters.